The van der Waals surface area contributed by atoms with Crippen molar-refractivity contribution in [2.75, 3.05) is 11.1 Å². The van der Waals surface area contributed by atoms with Crippen molar-refractivity contribution in [2.45, 2.75) is 245 Å². The van der Waals surface area contributed by atoms with E-state index in [4.69, 9.17) is 15.9 Å². The number of nitrogens with one attached hydrogen (secondary N) is 3. The third kappa shape index (κ3) is 38.4. The van der Waals surface area contributed by atoms with Crippen molar-refractivity contribution in [1.29, 1.82) is 0 Å². The zero-order valence-corrected chi connectivity index (χ0v) is 45.9. The number of nitrogens with zero attached hydrogens (tertiary/aromatic N) is 3. The number of carbonyl (C=O) groups excluding carboxylic acids is 3. The van der Waals surface area contributed by atoms with Crippen molar-refractivity contribution in [1.82, 2.24) is 25.3 Å². The Morgan fingerprint density at radius 2 is 1.00 bits per heavy atom. The molecule has 18 heteroatoms. The molecule has 0 aliphatic heterocycles. The van der Waals surface area contributed by atoms with Crippen LogP contribution in [-0.4, -0.2) is 89.0 Å². The Labute approximate surface area is 451 Å². The molecule has 3 rings (SSSR count). The van der Waals surface area contributed by atoms with Gasteiger partial charge in [0.2, 0.25) is 5.95 Å². The second-order valence-electron chi connectivity index (χ2n) is 18.9. The SMILES string of the molecule is CCCCCCCCCCCCCCCCCC(=O)[O-].CCCCCCCCCCCCCCCCCC(=O)[O-].Nc1nc2ncc(CNc3ccc(C(=O)NC(CCC(=O)O)C(=O)O)cc3)nc2c(=O)[nH]1.[Mg+2]. The number of unbranched alkanes of at least 4 members (excludes halogenated alkanes) is 28. The second kappa shape index (κ2) is 45.7. The number of nitrogen functional groups attached to an aromatic ring is 1. The van der Waals surface area contributed by atoms with Crippen LogP contribution in [0.15, 0.2) is 35.3 Å². The number of anilines is 2. The molecular formula is C55H89MgN7O10. The molecule has 0 radical (unpaired) electrons. The number of amides is 1. The largest absolute Gasteiger partial charge is 2.00 e. The molecule has 1 amide bonds. The molecule has 0 spiro atoms. The summed E-state index contributed by atoms with van der Waals surface area (Å²) in [6.07, 6.45) is 40.6. The minimum atomic E-state index is -1.31. The molecule has 0 bridgehead atoms. The fraction of sp³-hybridized carbons (Fsp3) is 0.691. The Bertz CT molecular complexity index is 1940. The first-order chi connectivity index (χ1) is 34.8. The van der Waals surface area contributed by atoms with Crippen molar-refractivity contribution in [3.05, 3.63) is 52.1 Å². The van der Waals surface area contributed by atoms with Gasteiger partial charge in [0.15, 0.2) is 11.2 Å². The van der Waals surface area contributed by atoms with Crippen molar-refractivity contribution < 1.29 is 44.4 Å². The van der Waals surface area contributed by atoms with Gasteiger partial charge in [0.1, 0.15) is 6.04 Å². The van der Waals surface area contributed by atoms with E-state index in [0.29, 0.717) is 11.4 Å². The molecule has 2 aromatic heterocycles. The number of hydrogen-bond donors (Lipinski definition) is 6. The van der Waals surface area contributed by atoms with Crippen LogP contribution >= 0.6 is 0 Å². The number of aromatic amines is 1. The van der Waals surface area contributed by atoms with E-state index in [1.807, 2.05) is 0 Å². The number of nitrogens with two attached hydrogens (primary N) is 1. The number of fused-ring (bicyclic) bond motifs is 1. The molecule has 1 unspecified atom stereocenters. The molecular weight excluding hydrogens is 943 g/mol. The Morgan fingerprint density at radius 1 is 0.603 bits per heavy atom. The van der Waals surface area contributed by atoms with Gasteiger partial charge in [-0.1, -0.05) is 194 Å². The van der Waals surface area contributed by atoms with Gasteiger partial charge in [-0.3, -0.25) is 19.4 Å². The molecule has 7 N–H and O–H groups in total. The van der Waals surface area contributed by atoms with E-state index in [1.165, 1.54) is 185 Å². The summed E-state index contributed by atoms with van der Waals surface area (Å²) in [7, 11) is 0. The first-order valence-corrected chi connectivity index (χ1v) is 27.3. The average molecular weight is 1030 g/mol. The summed E-state index contributed by atoms with van der Waals surface area (Å²) in [5.74, 6) is -4.96. The van der Waals surface area contributed by atoms with Crippen molar-refractivity contribution >= 4 is 75.6 Å². The maximum atomic E-state index is 12.3. The molecule has 2 heterocycles. The molecule has 0 saturated heterocycles. The molecule has 17 nitrogen and oxygen atoms in total. The topological polar surface area (TPSA) is 294 Å². The molecule has 0 fully saturated rings. The molecule has 0 aliphatic rings. The van der Waals surface area contributed by atoms with Crippen LogP contribution in [0.1, 0.15) is 248 Å². The van der Waals surface area contributed by atoms with Gasteiger partial charge in [0, 0.05) is 29.6 Å². The summed E-state index contributed by atoms with van der Waals surface area (Å²) < 4.78 is 0. The minimum absolute atomic E-state index is 0. The summed E-state index contributed by atoms with van der Waals surface area (Å²) in [5.41, 5.74) is 6.47. The van der Waals surface area contributed by atoms with Gasteiger partial charge in [-0.15, -0.1) is 0 Å². The van der Waals surface area contributed by atoms with E-state index in [0.717, 1.165) is 25.7 Å². The van der Waals surface area contributed by atoms with E-state index >= 15 is 0 Å². The predicted molar refractivity (Wildman–Crippen MR) is 287 cm³/mol. The summed E-state index contributed by atoms with van der Waals surface area (Å²) in [6, 6.07) is 4.86. The monoisotopic (exact) mass is 1030 g/mol. The summed E-state index contributed by atoms with van der Waals surface area (Å²) >= 11 is 0. The van der Waals surface area contributed by atoms with Gasteiger partial charge in [-0.25, -0.2) is 14.8 Å². The van der Waals surface area contributed by atoms with Crippen LogP contribution in [-0.2, 0) is 25.7 Å². The summed E-state index contributed by atoms with van der Waals surface area (Å²) in [6.45, 7) is 4.77. The van der Waals surface area contributed by atoms with Gasteiger partial charge in [-0.2, -0.15) is 4.98 Å². The molecule has 3 aromatic rings. The van der Waals surface area contributed by atoms with Crippen molar-refractivity contribution in [3.63, 3.8) is 0 Å². The maximum Gasteiger partial charge on any atom is 2.00 e. The smallest absolute Gasteiger partial charge is 0.550 e. The average Bonchev–Trinajstić information content (AvgIpc) is 3.34. The van der Waals surface area contributed by atoms with Gasteiger partial charge in [0.05, 0.1) is 18.4 Å². The van der Waals surface area contributed by atoms with E-state index in [-0.39, 0.29) is 78.0 Å². The molecule has 0 aliphatic carbocycles. The van der Waals surface area contributed by atoms with Crippen molar-refractivity contribution in [2.24, 2.45) is 0 Å². The minimum Gasteiger partial charge on any atom is -0.550 e. The number of rotatable bonds is 41. The standard InChI is InChI=1S/C19H19N7O6.2C18H36O2.Mg/c20-19-25-15-14(17(30)26-19)23-11(8-22-15)7-21-10-3-1-9(2-4-10)16(29)24-12(18(31)32)5-6-13(27)28;2*1-2-3-4-5-6-7-8-9-10-11-12-13-14-15-16-17-18(19)20;/h1-4,8,12,21H,5-7H2,(H,24,29)(H,27,28)(H,31,32)(H3,20,22,25,26,30);2*2-17H2,1H3,(H,19,20);/q;;;+2/p-2. The Hall–Kier alpha value is -4.84. The fourth-order valence-corrected chi connectivity index (χ4v) is 8.04. The van der Waals surface area contributed by atoms with Crippen LogP contribution < -0.4 is 32.1 Å². The van der Waals surface area contributed by atoms with Crippen molar-refractivity contribution in [3.8, 4) is 0 Å². The number of carboxylic acids is 4. The molecule has 0 saturated carbocycles. The zero-order valence-electron chi connectivity index (χ0n) is 44.5. The predicted octanol–water partition coefficient (Wildman–Crippen LogP) is 9.57. The summed E-state index contributed by atoms with van der Waals surface area (Å²) in [5, 5.41) is 43.6. The van der Waals surface area contributed by atoms with Gasteiger partial charge in [-0.05, 0) is 56.4 Å². The number of H-pyrrole nitrogens is 1. The quantitative estimate of drug-likeness (QED) is 0.0228. The van der Waals surface area contributed by atoms with E-state index in [2.05, 4.69) is 44.4 Å². The first kappa shape index (κ1) is 68.2. The van der Waals surface area contributed by atoms with Crippen LogP contribution in [0.3, 0.4) is 0 Å². The first-order valence-electron chi connectivity index (χ1n) is 27.3. The molecule has 73 heavy (non-hydrogen) atoms. The third-order valence-corrected chi connectivity index (χ3v) is 12.3. The Kier molecular flexibility index (Phi) is 42.7. The third-order valence-electron chi connectivity index (χ3n) is 12.3. The van der Waals surface area contributed by atoms with Crippen LogP contribution in [0.4, 0.5) is 11.6 Å². The van der Waals surface area contributed by atoms with E-state index in [9.17, 15) is 39.0 Å². The summed E-state index contributed by atoms with van der Waals surface area (Å²) in [4.78, 5) is 81.0. The van der Waals surface area contributed by atoms with Crippen LogP contribution in [0.25, 0.3) is 11.2 Å². The van der Waals surface area contributed by atoms with Crippen LogP contribution in [0.5, 0.6) is 0 Å². The normalized spacial score (nSPS) is 11.0. The number of benzene rings is 1. The van der Waals surface area contributed by atoms with Crippen LogP contribution in [0, 0.1) is 0 Å². The molecule has 406 valence electrons. The second-order valence-corrected chi connectivity index (χ2v) is 18.9. The Balaban J connectivity index is 0.00000111. The number of hydrogen-bond acceptors (Lipinski definition) is 13. The van der Waals surface area contributed by atoms with Gasteiger partial charge in [0.25, 0.3) is 11.5 Å². The number of aromatic nitrogens is 4. The van der Waals surface area contributed by atoms with E-state index < -0.39 is 41.4 Å². The molecule has 1 atom stereocenters. The van der Waals surface area contributed by atoms with E-state index in [1.54, 1.807) is 12.1 Å². The number of carboxylic acid groups (broad SMARTS) is 4. The van der Waals surface area contributed by atoms with Gasteiger partial charge >= 0.3 is 35.0 Å². The molecule has 1 aromatic carbocycles. The maximum absolute atomic E-state index is 12.3. The number of carbonyl (C=O) groups is 5. The van der Waals surface area contributed by atoms with Gasteiger partial charge < -0.3 is 46.4 Å². The van der Waals surface area contributed by atoms with Crippen LogP contribution in [0.2, 0.25) is 0 Å². The zero-order chi connectivity index (χ0) is 53.0. The fourth-order valence-electron chi connectivity index (χ4n) is 8.04. The number of aliphatic carboxylic acids is 4. The Morgan fingerprint density at radius 3 is 1.37 bits per heavy atom.